The SMILES string of the molecule is C=CCOC(=O)N1C=CN=Cc2ccccc21. The van der Waals surface area contributed by atoms with Crippen LogP contribution in [0.2, 0.25) is 0 Å². The molecule has 0 unspecified atom stereocenters. The topological polar surface area (TPSA) is 41.9 Å². The van der Waals surface area contributed by atoms with Crippen LogP contribution < -0.4 is 4.90 Å². The van der Waals surface area contributed by atoms with Crippen molar-refractivity contribution in [3.8, 4) is 0 Å². The first-order valence-corrected chi connectivity index (χ1v) is 5.18. The lowest BCUT2D eigenvalue weighted by molar-refractivity contribution is 0.168. The molecule has 17 heavy (non-hydrogen) atoms. The van der Waals surface area contributed by atoms with Crippen LogP contribution in [0.15, 0.2) is 54.3 Å². The third kappa shape index (κ3) is 2.42. The average Bonchev–Trinajstić information content (AvgIpc) is 2.58. The van der Waals surface area contributed by atoms with E-state index in [-0.39, 0.29) is 6.61 Å². The molecule has 0 N–H and O–H groups in total. The molecule has 2 rings (SSSR count). The fourth-order valence-corrected chi connectivity index (χ4v) is 1.48. The van der Waals surface area contributed by atoms with Crippen molar-refractivity contribution in [3.63, 3.8) is 0 Å². The van der Waals surface area contributed by atoms with Gasteiger partial charge < -0.3 is 4.74 Å². The highest BCUT2D eigenvalue weighted by molar-refractivity contribution is 5.98. The third-order valence-corrected chi connectivity index (χ3v) is 2.23. The number of carbonyl (C=O) groups is 1. The van der Waals surface area contributed by atoms with Gasteiger partial charge in [-0.05, 0) is 6.07 Å². The maximum absolute atomic E-state index is 11.8. The largest absolute Gasteiger partial charge is 0.445 e. The summed E-state index contributed by atoms with van der Waals surface area (Å²) in [5.74, 6) is 0. The van der Waals surface area contributed by atoms with Crippen LogP contribution in [0.4, 0.5) is 10.5 Å². The molecule has 0 saturated carbocycles. The second kappa shape index (κ2) is 5.12. The van der Waals surface area contributed by atoms with Crippen molar-refractivity contribution in [1.82, 2.24) is 0 Å². The zero-order valence-corrected chi connectivity index (χ0v) is 9.24. The Bertz CT molecular complexity index is 492. The zero-order chi connectivity index (χ0) is 12.1. The number of anilines is 1. The lowest BCUT2D eigenvalue weighted by Crippen LogP contribution is -2.26. The van der Waals surface area contributed by atoms with Gasteiger partial charge in [-0.2, -0.15) is 0 Å². The Morgan fingerprint density at radius 2 is 2.29 bits per heavy atom. The Hall–Kier alpha value is -2.36. The van der Waals surface area contributed by atoms with Gasteiger partial charge in [-0.15, -0.1) is 0 Å². The Morgan fingerprint density at radius 3 is 3.12 bits per heavy atom. The summed E-state index contributed by atoms with van der Waals surface area (Å²) in [5.41, 5.74) is 1.62. The van der Waals surface area contributed by atoms with Gasteiger partial charge in [0.25, 0.3) is 0 Å². The van der Waals surface area contributed by atoms with Gasteiger partial charge in [0.15, 0.2) is 0 Å². The number of amides is 1. The van der Waals surface area contributed by atoms with E-state index in [1.807, 2.05) is 24.3 Å². The van der Waals surface area contributed by atoms with E-state index in [4.69, 9.17) is 4.74 Å². The molecule has 4 nitrogen and oxygen atoms in total. The number of rotatable bonds is 2. The van der Waals surface area contributed by atoms with E-state index in [1.165, 1.54) is 11.0 Å². The summed E-state index contributed by atoms with van der Waals surface area (Å²) >= 11 is 0. The number of hydrogen-bond donors (Lipinski definition) is 0. The molecule has 0 bridgehead atoms. The van der Waals surface area contributed by atoms with Crippen LogP contribution in [0.1, 0.15) is 5.56 Å². The number of hydrogen-bond acceptors (Lipinski definition) is 3. The first kappa shape index (κ1) is 11.1. The molecule has 0 spiro atoms. The first-order chi connectivity index (χ1) is 8.33. The molecule has 0 radical (unpaired) electrons. The van der Waals surface area contributed by atoms with Crippen molar-refractivity contribution >= 4 is 18.0 Å². The smallest absolute Gasteiger partial charge is 0.418 e. The van der Waals surface area contributed by atoms with Gasteiger partial charge >= 0.3 is 6.09 Å². The summed E-state index contributed by atoms with van der Waals surface area (Å²) in [7, 11) is 0. The van der Waals surface area contributed by atoms with Crippen molar-refractivity contribution in [3.05, 3.63) is 54.9 Å². The number of nitrogens with zero attached hydrogens (tertiary/aromatic N) is 2. The minimum absolute atomic E-state index is 0.187. The lowest BCUT2D eigenvalue weighted by atomic mass is 10.2. The molecule has 0 aromatic heterocycles. The summed E-state index contributed by atoms with van der Waals surface area (Å²) < 4.78 is 5.01. The van der Waals surface area contributed by atoms with Crippen molar-refractivity contribution in [2.24, 2.45) is 4.99 Å². The summed E-state index contributed by atoms with van der Waals surface area (Å²) in [5, 5.41) is 0. The molecule has 0 saturated heterocycles. The summed E-state index contributed by atoms with van der Waals surface area (Å²) in [6.45, 7) is 3.69. The van der Waals surface area contributed by atoms with Crippen molar-refractivity contribution in [2.45, 2.75) is 0 Å². The molecule has 1 heterocycles. The molecule has 0 fully saturated rings. The molecule has 4 heteroatoms. The van der Waals surface area contributed by atoms with Gasteiger partial charge in [0, 0.05) is 24.2 Å². The molecule has 86 valence electrons. The van der Waals surface area contributed by atoms with Gasteiger partial charge in [0.1, 0.15) is 6.61 Å². The first-order valence-electron chi connectivity index (χ1n) is 5.18. The van der Waals surface area contributed by atoms with Gasteiger partial charge in [-0.25, -0.2) is 4.79 Å². The highest BCUT2D eigenvalue weighted by Crippen LogP contribution is 2.22. The van der Waals surface area contributed by atoms with Gasteiger partial charge in [0.05, 0.1) is 5.69 Å². The van der Waals surface area contributed by atoms with E-state index in [1.54, 1.807) is 18.6 Å². The van der Waals surface area contributed by atoms with E-state index >= 15 is 0 Å². The zero-order valence-electron chi connectivity index (χ0n) is 9.24. The van der Waals surface area contributed by atoms with Crippen LogP contribution in [0.25, 0.3) is 0 Å². The van der Waals surface area contributed by atoms with Crippen LogP contribution in [0.5, 0.6) is 0 Å². The Balaban J connectivity index is 2.30. The monoisotopic (exact) mass is 228 g/mol. The predicted molar refractivity (Wildman–Crippen MR) is 67.2 cm³/mol. The van der Waals surface area contributed by atoms with E-state index in [0.717, 1.165) is 11.3 Å². The third-order valence-electron chi connectivity index (χ3n) is 2.23. The second-order valence-electron chi connectivity index (χ2n) is 3.37. The summed E-state index contributed by atoms with van der Waals surface area (Å²) in [6.07, 6.45) is 5.91. The molecule has 1 amide bonds. The predicted octanol–water partition coefficient (Wildman–Crippen LogP) is 2.72. The molecular weight excluding hydrogens is 216 g/mol. The molecule has 1 aromatic carbocycles. The van der Waals surface area contributed by atoms with E-state index < -0.39 is 6.09 Å². The second-order valence-corrected chi connectivity index (χ2v) is 3.37. The fourth-order valence-electron chi connectivity index (χ4n) is 1.48. The van der Waals surface area contributed by atoms with Crippen molar-refractivity contribution in [2.75, 3.05) is 11.5 Å². The maximum Gasteiger partial charge on any atom is 0.418 e. The Morgan fingerprint density at radius 1 is 1.47 bits per heavy atom. The Kier molecular flexibility index (Phi) is 3.35. The molecule has 1 aliphatic rings. The van der Waals surface area contributed by atoms with Gasteiger partial charge in [-0.1, -0.05) is 30.9 Å². The van der Waals surface area contributed by atoms with Crippen LogP contribution in [0.3, 0.4) is 0 Å². The van der Waals surface area contributed by atoms with Crippen molar-refractivity contribution < 1.29 is 9.53 Å². The number of para-hydroxylation sites is 1. The van der Waals surface area contributed by atoms with Crippen LogP contribution in [-0.4, -0.2) is 18.9 Å². The minimum atomic E-state index is -0.445. The van der Waals surface area contributed by atoms with Crippen LogP contribution in [0, 0.1) is 0 Å². The fraction of sp³-hybridized carbons (Fsp3) is 0.0769. The normalized spacial score (nSPS) is 12.8. The average molecular weight is 228 g/mol. The van der Waals surface area contributed by atoms with Gasteiger partial charge in [-0.3, -0.25) is 9.89 Å². The van der Waals surface area contributed by atoms with Crippen molar-refractivity contribution in [1.29, 1.82) is 0 Å². The van der Waals surface area contributed by atoms with Gasteiger partial charge in [0.2, 0.25) is 0 Å². The molecular formula is C13H12N2O2. The Labute approximate surface area is 99.5 Å². The van der Waals surface area contributed by atoms with Crippen LogP contribution in [-0.2, 0) is 4.74 Å². The van der Waals surface area contributed by atoms with Crippen LogP contribution >= 0.6 is 0 Å². The number of benzene rings is 1. The highest BCUT2D eigenvalue weighted by atomic mass is 16.6. The van der Waals surface area contributed by atoms with E-state index in [9.17, 15) is 4.79 Å². The molecule has 0 aliphatic carbocycles. The summed E-state index contributed by atoms with van der Waals surface area (Å²) in [6, 6.07) is 7.48. The number of aliphatic imine (C=N–C) groups is 1. The lowest BCUT2D eigenvalue weighted by Gasteiger charge is -2.18. The standard InChI is InChI=1S/C13H12N2O2/c1-2-9-17-13(16)15-8-7-14-10-11-5-3-4-6-12(11)15/h2-8,10H,1,9H2. The quantitative estimate of drug-likeness (QED) is 0.730. The molecule has 1 aliphatic heterocycles. The number of fused-ring (bicyclic) bond motifs is 1. The number of carbonyl (C=O) groups excluding carboxylic acids is 1. The highest BCUT2D eigenvalue weighted by Gasteiger charge is 2.17. The minimum Gasteiger partial charge on any atom is -0.445 e. The van der Waals surface area contributed by atoms with E-state index in [0.29, 0.717) is 0 Å². The number of ether oxygens (including phenoxy) is 1. The summed E-state index contributed by atoms with van der Waals surface area (Å²) in [4.78, 5) is 17.3. The molecule has 1 aromatic rings. The van der Waals surface area contributed by atoms with E-state index in [2.05, 4.69) is 11.6 Å². The maximum atomic E-state index is 11.8. The molecule has 0 atom stereocenters.